The number of aliphatic hydroxyl groups excluding tert-OH is 1. The second-order valence-electron chi connectivity index (χ2n) is 7.99. The van der Waals surface area contributed by atoms with Gasteiger partial charge in [-0.15, -0.1) is 0 Å². The van der Waals surface area contributed by atoms with Crippen molar-refractivity contribution in [2.75, 3.05) is 48.5 Å². The molecule has 1 atom stereocenters. The van der Waals surface area contributed by atoms with Crippen LogP contribution in [0.4, 0.5) is 0 Å². The Labute approximate surface area is 194 Å². The summed E-state index contributed by atoms with van der Waals surface area (Å²) in [6.07, 6.45) is 0.673. The third kappa shape index (κ3) is 4.96. The molecule has 0 radical (unpaired) electrons. The molecule has 1 fully saturated rings. The van der Waals surface area contributed by atoms with E-state index in [2.05, 4.69) is 0 Å². The molecule has 0 aliphatic carbocycles. The second-order valence-corrected chi connectivity index (χ2v) is 7.99. The Bertz CT molecular complexity index is 1060. The second kappa shape index (κ2) is 10.4. The fraction of sp³-hybridized carbons (Fsp3) is 0.360. The van der Waals surface area contributed by atoms with Crippen LogP contribution < -0.4 is 14.2 Å². The number of hydrogen-bond acceptors (Lipinski definition) is 7. The number of hydrogen-bond donors (Lipinski definition) is 1. The highest BCUT2D eigenvalue weighted by molar-refractivity contribution is 6.46. The number of benzene rings is 2. The van der Waals surface area contributed by atoms with Gasteiger partial charge in [-0.2, -0.15) is 0 Å². The molecule has 1 saturated heterocycles. The van der Waals surface area contributed by atoms with Crippen LogP contribution in [-0.4, -0.2) is 75.1 Å². The van der Waals surface area contributed by atoms with Crippen molar-refractivity contribution >= 4 is 17.4 Å². The van der Waals surface area contributed by atoms with Crippen molar-refractivity contribution in [2.45, 2.75) is 12.5 Å². The van der Waals surface area contributed by atoms with Gasteiger partial charge >= 0.3 is 0 Å². The molecule has 0 bridgehead atoms. The monoisotopic (exact) mass is 454 g/mol. The van der Waals surface area contributed by atoms with Crippen molar-refractivity contribution < 1.29 is 28.9 Å². The van der Waals surface area contributed by atoms with Gasteiger partial charge in [0, 0.05) is 12.6 Å². The van der Waals surface area contributed by atoms with Gasteiger partial charge in [0.15, 0.2) is 0 Å². The molecule has 8 heteroatoms. The minimum absolute atomic E-state index is 0.0153. The summed E-state index contributed by atoms with van der Waals surface area (Å²) in [5.41, 5.74) is 0.992. The third-order valence-electron chi connectivity index (χ3n) is 5.62. The van der Waals surface area contributed by atoms with E-state index >= 15 is 0 Å². The highest BCUT2D eigenvalue weighted by Gasteiger charge is 2.46. The third-order valence-corrected chi connectivity index (χ3v) is 5.62. The predicted octanol–water partition coefficient (Wildman–Crippen LogP) is 3.09. The zero-order valence-corrected chi connectivity index (χ0v) is 19.6. The van der Waals surface area contributed by atoms with Gasteiger partial charge in [0.25, 0.3) is 11.7 Å². The first kappa shape index (κ1) is 24.1. The van der Waals surface area contributed by atoms with Crippen LogP contribution in [0.25, 0.3) is 5.76 Å². The van der Waals surface area contributed by atoms with Crippen molar-refractivity contribution in [3.63, 3.8) is 0 Å². The van der Waals surface area contributed by atoms with Gasteiger partial charge in [-0.05, 0) is 56.9 Å². The lowest BCUT2D eigenvalue weighted by atomic mass is 9.94. The molecule has 1 aliphatic rings. The Kier molecular flexibility index (Phi) is 7.60. The maximum Gasteiger partial charge on any atom is 0.295 e. The van der Waals surface area contributed by atoms with Crippen molar-refractivity contribution in [3.8, 4) is 17.2 Å². The first-order chi connectivity index (χ1) is 15.8. The molecule has 3 rings (SSSR count). The Morgan fingerprint density at radius 1 is 1.00 bits per heavy atom. The topological polar surface area (TPSA) is 88.5 Å². The zero-order valence-electron chi connectivity index (χ0n) is 19.6. The largest absolute Gasteiger partial charge is 0.507 e. The molecule has 33 heavy (non-hydrogen) atoms. The zero-order chi connectivity index (χ0) is 24.1. The first-order valence-electron chi connectivity index (χ1n) is 10.6. The molecule has 1 aliphatic heterocycles. The van der Waals surface area contributed by atoms with Gasteiger partial charge in [-0.1, -0.05) is 12.1 Å². The molecule has 8 nitrogen and oxygen atoms in total. The van der Waals surface area contributed by atoms with Crippen LogP contribution >= 0.6 is 0 Å². The van der Waals surface area contributed by atoms with Crippen LogP contribution in [0.3, 0.4) is 0 Å². The molecular formula is C25H30N2O6. The van der Waals surface area contributed by atoms with E-state index in [-0.39, 0.29) is 11.3 Å². The van der Waals surface area contributed by atoms with Crippen LogP contribution in [-0.2, 0) is 9.59 Å². The Morgan fingerprint density at radius 3 is 2.33 bits per heavy atom. The summed E-state index contributed by atoms with van der Waals surface area (Å²) in [6.45, 7) is 1.11. The van der Waals surface area contributed by atoms with Crippen molar-refractivity contribution in [2.24, 2.45) is 0 Å². The van der Waals surface area contributed by atoms with E-state index in [4.69, 9.17) is 14.2 Å². The molecule has 0 aromatic heterocycles. The molecule has 1 amide bonds. The van der Waals surface area contributed by atoms with Crippen molar-refractivity contribution in [3.05, 3.63) is 59.2 Å². The van der Waals surface area contributed by atoms with E-state index in [1.54, 1.807) is 43.5 Å². The van der Waals surface area contributed by atoms with Crippen LogP contribution in [0, 0.1) is 0 Å². The lowest BCUT2D eigenvalue weighted by Gasteiger charge is -2.26. The molecule has 1 heterocycles. The molecule has 2 aromatic rings. The Morgan fingerprint density at radius 2 is 1.70 bits per heavy atom. The highest BCUT2D eigenvalue weighted by atomic mass is 16.5. The summed E-state index contributed by atoms with van der Waals surface area (Å²) in [6, 6.07) is 11.3. The van der Waals surface area contributed by atoms with Gasteiger partial charge in [0.1, 0.15) is 23.0 Å². The molecule has 176 valence electrons. The van der Waals surface area contributed by atoms with E-state index in [9.17, 15) is 14.7 Å². The number of nitrogens with zero attached hydrogens (tertiary/aromatic N) is 2. The summed E-state index contributed by atoms with van der Waals surface area (Å²) in [5.74, 6) is -0.213. The number of ketones is 1. The highest BCUT2D eigenvalue weighted by Crippen LogP contribution is 2.42. The summed E-state index contributed by atoms with van der Waals surface area (Å²) in [5, 5.41) is 11.3. The fourth-order valence-corrected chi connectivity index (χ4v) is 3.97. The Balaban J connectivity index is 2.16. The molecule has 1 unspecified atom stereocenters. The van der Waals surface area contributed by atoms with Crippen molar-refractivity contribution in [1.29, 1.82) is 0 Å². The van der Waals surface area contributed by atoms with Crippen LogP contribution in [0.15, 0.2) is 48.0 Å². The van der Waals surface area contributed by atoms with Gasteiger partial charge < -0.3 is 29.1 Å². The number of ether oxygens (including phenoxy) is 3. The maximum atomic E-state index is 13.2. The molecule has 0 saturated carbocycles. The quantitative estimate of drug-likeness (QED) is 0.354. The molecule has 0 spiro atoms. The smallest absolute Gasteiger partial charge is 0.295 e. The lowest BCUT2D eigenvalue weighted by Crippen LogP contribution is -2.32. The normalized spacial score (nSPS) is 17.5. The Hall–Kier alpha value is -3.52. The molecule has 1 N–H and O–H groups in total. The number of aliphatic hydroxyl groups is 1. The average molecular weight is 455 g/mol. The van der Waals surface area contributed by atoms with Gasteiger partial charge in [0.2, 0.25) is 0 Å². The standard InChI is InChI=1S/C25H30N2O6/c1-26(2)12-7-13-27-22(16-8-6-9-17(14-16)31-3)21(24(29)25(27)30)23(28)19-11-10-18(32-4)15-20(19)33-5/h6,8-11,14-15,22,28H,7,12-13H2,1-5H3/b23-21+. The number of rotatable bonds is 9. The van der Waals surface area contributed by atoms with E-state index < -0.39 is 17.7 Å². The van der Waals surface area contributed by atoms with Crippen molar-refractivity contribution in [1.82, 2.24) is 9.80 Å². The molecule has 2 aromatic carbocycles. The van der Waals surface area contributed by atoms with E-state index in [1.165, 1.54) is 19.1 Å². The summed E-state index contributed by atoms with van der Waals surface area (Å²) in [7, 11) is 8.43. The van der Waals surface area contributed by atoms with Gasteiger partial charge in [-0.25, -0.2) is 0 Å². The summed E-state index contributed by atoms with van der Waals surface area (Å²) < 4.78 is 16.0. The minimum atomic E-state index is -0.755. The number of methoxy groups -OCH3 is 3. The van der Waals surface area contributed by atoms with E-state index in [1.807, 2.05) is 25.1 Å². The maximum absolute atomic E-state index is 13.2. The number of Topliss-reactive ketones (excluding diaryl/α,β-unsaturated/α-hetero) is 1. The van der Waals surface area contributed by atoms with Crippen LogP contribution in [0.1, 0.15) is 23.6 Å². The minimum Gasteiger partial charge on any atom is -0.507 e. The predicted molar refractivity (Wildman–Crippen MR) is 125 cm³/mol. The number of carbonyl (C=O) groups is 2. The SMILES string of the molecule is COc1cccc(C2/C(=C(\O)c3ccc(OC)cc3OC)C(=O)C(=O)N2CCCN(C)C)c1. The van der Waals surface area contributed by atoms with Crippen LogP contribution in [0.5, 0.6) is 17.2 Å². The number of likely N-dealkylation sites (tertiary alicyclic amines) is 1. The van der Waals surface area contributed by atoms with E-state index in [0.717, 1.165) is 6.54 Å². The molecular weight excluding hydrogens is 424 g/mol. The summed E-state index contributed by atoms with van der Waals surface area (Å²) in [4.78, 5) is 29.8. The van der Waals surface area contributed by atoms with Crippen LogP contribution in [0.2, 0.25) is 0 Å². The van der Waals surface area contributed by atoms with E-state index in [0.29, 0.717) is 41.3 Å². The van der Waals surface area contributed by atoms with Gasteiger partial charge in [0.05, 0.1) is 38.5 Å². The number of amides is 1. The fourth-order valence-electron chi connectivity index (χ4n) is 3.97. The lowest BCUT2D eigenvalue weighted by molar-refractivity contribution is -0.139. The number of carbonyl (C=O) groups excluding carboxylic acids is 2. The summed E-state index contributed by atoms with van der Waals surface area (Å²) >= 11 is 0. The average Bonchev–Trinajstić information content (AvgIpc) is 3.08. The first-order valence-corrected chi connectivity index (χ1v) is 10.6. The van der Waals surface area contributed by atoms with Gasteiger partial charge in [-0.3, -0.25) is 9.59 Å².